The van der Waals surface area contributed by atoms with Crippen LogP contribution in [0.3, 0.4) is 0 Å². The van der Waals surface area contributed by atoms with Crippen molar-refractivity contribution in [3.8, 4) is 5.75 Å². The van der Waals surface area contributed by atoms with E-state index in [9.17, 15) is 18.0 Å². The van der Waals surface area contributed by atoms with E-state index in [-0.39, 0.29) is 22.8 Å². The van der Waals surface area contributed by atoms with Gasteiger partial charge in [-0.05, 0) is 86.8 Å². The van der Waals surface area contributed by atoms with Crippen molar-refractivity contribution in [3.63, 3.8) is 0 Å². The Bertz CT molecular complexity index is 977. The summed E-state index contributed by atoms with van der Waals surface area (Å²) in [6.07, 6.45) is 8.57. The van der Waals surface area contributed by atoms with Gasteiger partial charge >= 0.3 is 5.97 Å². The average Bonchev–Trinajstić information content (AvgIpc) is 2.76. The molecule has 0 heterocycles. The molecule has 5 heteroatoms. The lowest BCUT2D eigenvalue weighted by molar-refractivity contribution is 0.0733. The topological polar surface area (TPSA) is 26.3 Å². The van der Waals surface area contributed by atoms with E-state index in [1.165, 1.54) is 25.5 Å². The van der Waals surface area contributed by atoms with Crippen LogP contribution in [-0.4, -0.2) is 5.97 Å². The number of allylic oxidation sites excluding steroid dienone is 1. The van der Waals surface area contributed by atoms with Crippen LogP contribution in [-0.2, 0) is 0 Å². The summed E-state index contributed by atoms with van der Waals surface area (Å²) in [4.78, 5) is 12.4. The van der Waals surface area contributed by atoms with Crippen LogP contribution in [0.4, 0.5) is 13.2 Å². The highest BCUT2D eigenvalue weighted by molar-refractivity contribution is 5.91. The van der Waals surface area contributed by atoms with E-state index in [0.717, 1.165) is 44.2 Å². The predicted octanol–water partition coefficient (Wildman–Crippen LogP) is 7.12. The van der Waals surface area contributed by atoms with Gasteiger partial charge in [-0.25, -0.2) is 18.0 Å². The molecule has 2 aliphatic rings. The Labute approximate surface area is 181 Å². The second-order valence-electron chi connectivity index (χ2n) is 8.98. The van der Waals surface area contributed by atoms with Gasteiger partial charge in [0.25, 0.3) is 0 Å². The maximum absolute atomic E-state index is 14.9. The van der Waals surface area contributed by atoms with Crippen molar-refractivity contribution in [1.82, 2.24) is 0 Å². The van der Waals surface area contributed by atoms with Gasteiger partial charge < -0.3 is 4.74 Å². The molecule has 2 aliphatic carbocycles. The summed E-state index contributed by atoms with van der Waals surface area (Å²) in [5.74, 6) is -1.07. The van der Waals surface area contributed by atoms with Crippen LogP contribution in [0.1, 0.15) is 65.9 Å². The minimum absolute atomic E-state index is 0.0165. The van der Waals surface area contributed by atoms with Crippen molar-refractivity contribution >= 4 is 5.97 Å². The van der Waals surface area contributed by atoms with E-state index in [4.69, 9.17) is 4.74 Å². The molecular weight excluding hydrogens is 401 g/mol. The molecule has 2 aromatic rings. The number of carbonyl (C=O) groups is 1. The summed E-state index contributed by atoms with van der Waals surface area (Å²) < 4.78 is 47.3. The molecule has 4 rings (SSSR count). The van der Waals surface area contributed by atoms with E-state index in [2.05, 4.69) is 12.7 Å². The summed E-state index contributed by atoms with van der Waals surface area (Å²) in [6.45, 7) is 5.23. The Balaban J connectivity index is 1.45. The number of hydrogen-bond donors (Lipinski definition) is 0. The molecule has 4 atom stereocenters. The van der Waals surface area contributed by atoms with E-state index < -0.39 is 23.4 Å². The maximum atomic E-state index is 14.9. The Morgan fingerprint density at radius 3 is 2.32 bits per heavy atom. The summed E-state index contributed by atoms with van der Waals surface area (Å²) in [5, 5.41) is 0. The first-order chi connectivity index (χ1) is 14.9. The second-order valence-corrected chi connectivity index (χ2v) is 8.98. The Hall–Kier alpha value is -2.56. The van der Waals surface area contributed by atoms with Gasteiger partial charge in [-0.3, -0.25) is 0 Å². The molecule has 2 aromatic carbocycles. The van der Waals surface area contributed by atoms with Crippen LogP contribution in [0.2, 0.25) is 0 Å². The SMILES string of the molecule is C=CC1CCC2CC(c3ccc(C(=O)Oc4cc(F)c(C)c(F)c4)cc3F)CCC2C1. The number of benzene rings is 2. The molecule has 0 bridgehead atoms. The fraction of sp³-hybridized carbons (Fsp3) is 0.423. The van der Waals surface area contributed by atoms with E-state index in [1.807, 2.05) is 0 Å². The summed E-state index contributed by atoms with van der Waals surface area (Å²) in [7, 11) is 0. The first kappa shape index (κ1) is 21.7. The van der Waals surface area contributed by atoms with Crippen molar-refractivity contribution in [2.24, 2.45) is 17.8 Å². The van der Waals surface area contributed by atoms with Gasteiger partial charge in [0.15, 0.2) is 0 Å². The Morgan fingerprint density at radius 1 is 0.968 bits per heavy atom. The summed E-state index contributed by atoms with van der Waals surface area (Å²) in [5.41, 5.74) is 0.499. The van der Waals surface area contributed by atoms with Gasteiger partial charge in [0.1, 0.15) is 23.2 Å². The fourth-order valence-electron chi connectivity index (χ4n) is 5.25. The molecule has 164 valence electrons. The van der Waals surface area contributed by atoms with Crippen LogP contribution in [0.25, 0.3) is 0 Å². The number of hydrogen-bond acceptors (Lipinski definition) is 2. The van der Waals surface area contributed by atoms with Gasteiger partial charge in [-0.15, -0.1) is 6.58 Å². The first-order valence-corrected chi connectivity index (χ1v) is 11.0. The highest BCUT2D eigenvalue weighted by atomic mass is 19.1. The van der Waals surface area contributed by atoms with Crippen LogP contribution >= 0.6 is 0 Å². The van der Waals surface area contributed by atoms with E-state index >= 15 is 0 Å². The normalized spacial score (nSPS) is 25.5. The minimum Gasteiger partial charge on any atom is -0.423 e. The highest BCUT2D eigenvalue weighted by Crippen LogP contribution is 2.48. The molecule has 2 fully saturated rings. The smallest absolute Gasteiger partial charge is 0.343 e. The molecule has 0 aromatic heterocycles. The van der Waals surface area contributed by atoms with Crippen LogP contribution in [0.15, 0.2) is 43.0 Å². The van der Waals surface area contributed by atoms with Gasteiger partial charge in [0.05, 0.1) is 5.56 Å². The van der Waals surface area contributed by atoms with Gasteiger partial charge in [-0.1, -0.05) is 12.1 Å². The first-order valence-electron chi connectivity index (χ1n) is 11.0. The Kier molecular flexibility index (Phi) is 6.22. The third kappa shape index (κ3) is 4.56. The summed E-state index contributed by atoms with van der Waals surface area (Å²) >= 11 is 0. The zero-order valence-corrected chi connectivity index (χ0v) is 17.7. The van der Waals surface area contributed by atoms with Crippen molar-refractivity contribution in [3.05, 3.63) is 77.1 Å². The largest absolute Gasteiger partial charge is 0.423 e. The second kappa shape index (κ2) is 8.89. The molecular formula is C26H27F3O2. The highest BCUT2D eigenvalue weighted by Gasteiger charge is 2.36. The molecule has 0 radical (unpaired) electrons. The van der Waals surface area contributed by atoms with Crippen LogP contribution < -0.4 is 4.74 Å². The molecule has 2 saturated carbocycles. The molecule has 0 N–H and O–H groups in total. The maximum Gasteiger partial charge on any atom is 0.343 e. The third-order valence-electron chi connectivity index (χ3n) is 7.13. The number of carbonyl (C=O) groups excluding carboxylic acids is 1. The zero-order chi connectivity index (χ0) is 22.1. The lowest BCUT2D eigenvalue weighted by Crippen LogP contribution is -2.30. The van der Waals surface area contributed by atoms with Crippen LogP contribution in [0, 0.1) is 42.1 Å². The van der Waals surface area contributed by atoms with Crippen molar-refractivity contribution < 1.29 is 22.7 Å². The number of halogens is 3. The number of esters is 1. The van der Waals surface area contributed by atoms with Gasteiger partial charge in [0, 0.05) is 17.7 Å². The standard InChI is InChI=1S/C26H27F3O2/c1-3-16-4-5-18-11-19(7-6-17(18)10-16)22-9-8-20(12-25(22)29)26(30)31-21-13-23(27)15(2)24(28)14-21/h3,8-9,12-14,16-19H,1,4-7,10-11H2,2H3. The molecule has 31 heavy (non-hydrogen) atoms. The van der Waals surface area contributed by atoms with Crippen molar-refractivity contribution in [2.75, 3.05) is 0 Å². The summed E-state index contributed by atoms with van der Waals surface area (Å²) in [6, 6.07) is 6.24. The fourth-order valence-corrected chi connectivity index (χ4v) is 5.25. The van der Waals surface area contributed by atoms with Gasteiger partial charge in [0.2, 0.25) is 0 Å². The van der Waals surface area contributed by atoms with Crippen molar-refractivity contribution in [1.29, 1.82) is 0 Å². The minimum atomic E-state index is -0.848. The molecule has 0 saturated heterocycles. The molecule has 2 nitrogen and oxygen atoms in total. The average molecular weight is 428 g/mol. The van der Waals surface area contributed by atoms with E-state index in [1.54, 1.807) is 6.07 Å². The quantitative estimate of drug-likeness (QED) is 0.294. The molecule has 0 spiro atoms. The van der Waals surface area contributed by atoms with Crippen molar-refractivity contribution in [2.45, 2.75) is 51.4 Å². The number of fused-ring (bicyclic) bond motifs is 1. The monoisotopic (exact) mass is 428 g/mol. The molecule has 0 aliphatic heterocycles. The Morgan fingerprint density at radius 2 is 1.65 bits per heavy atom. The van der Waals surface area contributed by atoms with Crippen LogP contribution in [0.5, 0.6) is 5.75 Å². The predicted molar refractivity (Wildman–Crippen MR) is 114 cm³/mol. The third-order valence-corrected chi connectivity index (χ3v) is 7.13. The van der Waals surface area contributed by atoms with E-state index in [0.29, 0.717) is 23.3 Å². The van der Waals surface area contributed by atoms with Gasteiger partial charge in [-0.2, -0.15) is 0 Å². The lowest BCUT2D eigenvalue weighted by Gasteiger charge is -2.41. The molecule has 0 amide bonds. The number of ether oxygens (including phenoxy) is 1. The number of rotatable bonds is 4. The lowest BCUT2D eigenvalue weighted by atomic mass is 9.64. The zero-order valence-electron chi connectivity index (χ0n) is 17.7. The molecule has 4 unspecified atom stereocenters.